The van der Waals surface area contributed by atoms with Gasteiger partial charge >= 0.3 is 12.1 Å². The molecular formula is C25H22N4O5. The number of benzene rings is 1. The summed E-state index contributed by atoms with van der Waals surface area (Å²) < 4.78 is 16.4. The molecule has 1 aromatic carbocycles. The summed E-state index contributed by atoms with van der Waals surface area (Å²) in [6.45, 7) is 2.42. The highest BCUT2D eigenvalue weighted by Gasteiger charge is 2.46. The van der Waals surface area contributed by atoms with Crippen LogP contribution in [-0.4, -0.2) is 54.5 Å². The second-order valence-corrected chi connectivity index (χ2v) is 8.47. The molecule has 2 aromatic rings. The highest BCUT2D eigenvalue weighted by atomic mass is 16.6. The van der Waals surface area contributed by atoms with Crippen LogP contribution < -0.4 is 0 Å². The molecule has 3 aliphatic rings. The zero-order valence-electron chi connectivity index (χ0n) is 18.7. The third-order valence-electron chi connectivity index (χ3n) is 6.54. The van der Waals surface area contributed by atoms with Gasteiger partial charge in [-0.25, -0.2) is 9.59 Å². The fraction of sp³-hybridized carbons (Fsp3) is 0.320. The zero-order chi connectivity index (χ0) is 23.9. The molecule has 3 atom stereocenters. The molecule has 3 aliphatic heterocycles. The summed E-state index contributed by atoms with van der Waals surface area (Å²) in [4.78, 5) is 34.9. The quantitative estimate of drug-likeness (QED) is 0.632. The second-order valence-electron chi connectivity index (χ2n) is 8.47. The maximum atomic E-state index is 12.8. The molecule has 0 radical (unpaired) electrons. The average Bonchev–Trinajstić information content (AvgIpc) is 3.42. The molecule has 5 rings (SSSR count). The van der Waals surface area contributed by atoms with Crippen molar-refractivity contribution in [1.82, 2.24) is 9.88 Å². The van der Waals surface area contributed by atoms with Crippen LogP contribution in [0.2, 0.25) is 0 Å². The van der Waals surface area contributed by atoms with Crippen molar-refractivity contribution in [3.05, 3.63) is 70.6 Å². The number of pyridine rings is 1. The molecule has 0 bridgehead atoms. The molecule has 34 heavy (non-hydrogen) atoms. The standard InChI is InChI=1S/C25H22N4O5/c1-15-16(6-7-17-18(15)11-33-23(17)30)21-10-29(24(31)34-21)14-25(12-26)13-28-20(9-22(25)32-2)19-5-3-4-8-27-19/h3-9,13,21-22H,10-11,14H2,1-2H3/t21?,22-,25?/m1/s1. The van der Waals surface area contributed by atoms with E-state index in [1.807, 2.05) is 25.1 Å². The fourth-order valence-electron chi connectivity index (χ4n) is 4.63. The molecule has 1 amide bonds. The molecule has 4 heterocycles. The van der Waals surface area contributed by atoms with Crippen molar-refractivity contribution in [2.45, 2.75) is 25.7 Å². The Morgan fingerprint density at radius 3 is 2.88 bits per heavy atom. The maximum Gasteiger partial charge on any atom is 0.410 e. The highest BCUT2D eigenvalue weighted by molar-refractivity contribution is 5.94. The number of aromatic nitrogens is 1. The van der Waals surface area contributed by atoms with Gasteiger partial charge in [-0.3, -0.25) is 9.98 Å². The van der Waals surface area contributed by atoms with Crippen LogP contribution in [0.1, 0.15) is 38.8 Å². The first kappa shape index (κ1) is 21.8. The molecule has 1 aromatic heterocycles. The Hall–Kier alpha value is -4.03. The number of esters is 1. The third-order valence-corrected chi connectivity index (χ3v) is 6.54. The van der Waals surface area contributed by atoms with Gasteiger partial charge in [0.2, 0.25) is 0 Å². The maximum absolute atomic E-state index is 12.8. The summed E-state index contributed by atoms with van der Waals surface area (Å²) >= 11 is 0. The number of ether oxygens (including phenoxy) is 3. The SMILES string of the molecule is CO[C@@H]1C=C(c2ccccn2)N=CC1(C#N)CN1CC(c2ccc3c(c2C)COC3=O)OC1=O. The van der Waals surface area contributed by atoms with Crippen molar-refractivity contribution in [3.63, 3.8) is 0 Å². The first-order chi connectivity index (χ1) is 16.5. The van der Waals surface area contributed by atoms with Crippen molar-refractivity contribution in [3.8, 4) is 6.07 Å². The summed E-state index contributed by atoms with van der Waals surface area (Å²) in [6.07, 6.45) is 3.29. The van der Waals surface area contributed by atoms with Crippen molar-refractivity contribution < 1.29 is 23.8 Å². The van der Waals surface area contributed by atoms with E-state index in [1.165, 1.54) is 18.2 Å². The van der Waals surface area contributed by atoms with E-state index in [4.69, 9.17) is 14.2 Å². The number of carbonyl (C=O) groups excluding carboxylic acids is 2. The smallest absolute Gasteiger partial charge is 0.410 e. The van der Waals surface area contributed by atoms with Gasteiger partial charge in [0, 0.05) is 25.1 Å². The zero-order valence-corrected chi connectivity index (χ0v) is 18.7. The third kappa shape index (κ3) is 3.53. The predicted molar refractivity (Wildman–Crippen MR) is 121 cm³/mol. The highest BCUT2D eigenvalue weighted by Crippen LogP contribution is 2.37. The van der Waals surface area contributed by atoms with Crippen LogP contribution in [0.4, 0.5) is 4.79 Å². The van der Waals surface area contributed by atoms with E-state index in [0.29, 0.717) is 17.0 Å². The normalized spacial score (nSPS) is 25.4. The van der Waals surface area contributed by atoms with Crippen LogP contribution in [0.5, 0.6) is 0 Å². The number of aliphatic imine (C=N–C) groups is 1. The van der Waals surface area contributed by atoms with Gasteiger partial charge in [-0.05, 0) is 42.3 Å². The first-order valence-corrected chi connectivity index (χ1v) is 10.8. The van der Waals surface area contributed by atoms with Gasteiger partial charge in [-0.2, -0.15) is 5.26 Å². The minimum absolute atomic E-state index is 0.0540. The lowest BCUT2D eigenvalue weighted by Crippen LogP contribution is -2.47. The number of carbonyl (C=O) groups is 2. The molecule has 0 saturated carbocycles. The van der Waals surface area contributed by atoms with Crippen LogP contribution in [0, 0.1) is 23.7 Å². The van der Waals surface area contributed by atoms with E-state index in [2.05, 4.69) is 16.0 Å². The Labute approximate surface area is 196 Å². The molecule has 172 valence electrons. The number of cyclic esters (lactones) is 2. The van der Waals surface area contributed by atoms with Crippen LogP contribution >= 0.6 is 0 Å². The lowest BCUT2D eigenvalue weighted by atomic mass is 9.81. The predicted octanol–water partition coefficient (Wildman–Crippen LogP) is 3.20. The van der Waals surface area contributed by atoms with Gasteiger partial charge in [-0.15, -0.1) is 0 Å². The van der Waals surface area contributed by atoms with Crippen LogP contribution in [0.3, 0.4) is 0 Å². The molecule has 1 saturated heterocycles. The lowest BCUT2D eigenvalue weighted by Gasteiger charge is -2.34. The number of amides is 1. The lowest BCUT2D eigenvalue weighted by molar-refractivity contribution is 0.0534. The van der Waals surface area contributed by atoms with Gasteiger partial charge in [-0.1, -0.05) is 12.1 Å². The Balaban J connectivity index is 1.38. The Morgan fingerprint density at radius 1 is 1.29 bits per heavy atom. The fourth-order valence-corrected chi connectivity index (χ4v) is 4.63. The van der Waals surface area contributed by atoms with Gasteiger partial charge in [0.1, 0.15) is 24.2 Å². The topological polar surface area (TPSA) is 114 Å². The minimum atomic E-state index is -1.19. The molecule has 0 spiro atoms. The monoisotopic (exact) mass is 458 g/mol. The summed E-state index contributed by atoms with van der Waals surface area (Å²) in [6, 6.07) is 11.3. The van der Waals surface area contributed by atoms with Crippen molar-refractivity contribution in [2.75, 3.05) is 20.2 Å². The number of nitriles is 1. The number of methoxy groups -OCH3 is 1. The number of nitrogens with zero attached hydrogens (tertiary/aromatic N) is 4. The molecule has 9 heteroatoms. The number of hydrogen-bond donors (Lipinski definition) is 0. The van der Waals surface area contributed by atoms with Crippen molar-refractivity contribution in [2.24, 2.45) is 10.4 Å². The van der Waals surface area contributed by atoms with Gasteiger partial charge < -0.3 is 19.1 Å². The van der Waals surface area contributed by atoms with E-state index in [1.54, 1.807) is 24.4 Å². The Bertz CT molecular complexity index is 1270. The first-order valence-electron chi connectivity index (χ1n) is 10.8. The largest absolute Gasteiger partial charge is 0.457 e. The van der Waals surface area contributed by atoms with Crippen LogP contribution in [0.25, 0.3) is 5.70 Å². The molecular weight excluding hydrogens is 436 g/mol. The molecule has 9 nitrogen and oxygen atoms in total. The number of fused-ring (bicyclic) bond motifs is 1. The summed E-state index contributed by atoms with van der Waals surface area (Å²) in [5, 5.41) is 10.1. The summed E-state index contributed by atoms with van der Waals surface area (Å²) in [7, 11) is 1.52. The minimum Gasteiger partial charge on any atom is -0.457 e. The Morgan fingerprint density at radius 2 is 2.15 bits per heavy atom. The summed E-state index contributed by atoms with van der Waals surface area (Å²) in [5.41, 5.74) is 3.13. The van der Waals surface area contributed by atoms with Gasteiger partial charge in [0.05, 0.1) is 36.1 Å². The van der Waals surface area contributed by atoms with E-state index in [0.717, 1.165) is 16.7 Å². The number of rotatable bonds is 5. The van der Waals surface area contributed by atoms with Crippen LogP contribution in [0.15, 0.2) is 47.6 Å². The number of hydrogen-bond acceptors (Lipinski definition) is 8. The summed E-state index contributed by atoms with van der Waals surface area (Å²) in [5.74, 6) is -0.342. The van der Waals surface area contributed by atoms with E-state index in [-0.39, 0.29) is 25.7 Å². The van der Waals surface area contributed by atoms with Crippen molar-refractivity contribution in [1.29, 1.82) is 5.26 Å². The van der Waals surface area contributed by atoms with Gasteiger partial charge in [0.25, 0.3) is 0 Å². The van der Waals surface area contributed by atoms with E-state index in [9.17, 15) is 14.9 Å². The second kappa shape index (κ2) is 8.39. The van der Waals surface area contributed by atoms with Crippen LogP contribution in [-0.2, 0) is 20.8 Å². The molecule has 0 aliphatic carbocycles. The van der Waals surface area contributed by atoms with E-state index < -0.39 is 23.7 Å². The molecule has 2 unspecified atom stereocenters. The Kier molecular flexibility index (Phi) is 5.38. The van der Waals surface area contributed by atoms with Crippen molar-refractivity contribution >= 4 is 24.0 Å². The molecule has 0 N–H and O–H groups in total. The van der Waals surface area contributed by atoms with Gasteiger partial charge in [0.15, 0.2) is 0 Å². The average molecular weight is 458 g/mol. The van der Waals surface area contributed by atoms with E-state index >= 15 is 0 Å². The molecule has 1 fully saturated rings.